The molecule has 0 aliphatic carbocycles. The van der Waals surface area contributed by atoms with Gasteiger partial charge >= 0.3 is 0 Å². The number of para-hydroxylation sites is 2. The van der Waals surface area contributed by atoms with Crippen LogP contribution in [0.2, 0.25) is 0 Å². The van der Waals surface area contributed by atoms with Gasteiger partial charge in [0.15, 0.2) is 0 Å². The molecule has 1 aliphatic heterocycles. The number of ether oxygens (including phenoxy) is 2. The van der Waals surface area contributed by atoms with E-state index in [1.165, 1.54) is 0 Å². The smallest absolute Gasteiger partial charge is 0.241 e. The van der Waals surface area contributed by atoms with Crippen LogP contribution in [-0.2, 0) is 11.3 Å². The molecule has 3 aromatic rings. The number of aromatic nitrogens is 2. The molecule has 2 heterocycles. The Morgan fingerprint density at radius 2 is 1.91 bits per heavy atom. The molecule has 0 radical (unpaired) electrons. The highest BCUT2D eigenvalue weighted by Gasteiger charge is 2.26. The van der Waals surface area contributed by atoms with Crippen LogP contribution in [0.4, 0.5) is 5.69 Å². The molecular formula is C24H28N4O4. The third-order valence-electron chi connectivity index (χ3n) is 5.57. The molecular weight excluding hydrogens is 408 g/mol. The number of piperidine rings is 1. The number of carbonyl (C=O) groups excluding carboxylic acids is 1. The summed E-state index contributed by atoms with van der Waals surface area (Å²) in [7, 11) is 1.60. The zero-order chi connectivity index (χ0) is 22.3. The minimum Gasteiger partial charge on any atom is -0.495 e. The number of amides is 1. The maximum Gasteiger partial charge on any atom is 0.241 e. The van der Waals surface area contributed by atoms with Crippen molar-refractivity contribution in [1.82, 2.24) is 15.0 Å². The van der Waals surface area contributed by atoms with Gasteiger partial charge in [0.1, 0.15) is 11.5 Å². The fourth-order valence-electron chi connectivity index (χ4n) is 3.83. The number of carbonyl (C=O) groups is 1. The number of hydrogen-bond acceptors (Lipinski definition) is 7. The Labute approximate surface area is 187 Å². The van der Waals surface area contributed by atoms with Gasteiger partial charge in [0.05, 0.1) is 25.9 Å². The van der Waals surface area contributed by atoms with E-state index >= 15 is 0 Å². The lowest BCUT2D eigenvalue weighted by Gasteiger charge is -2.30. The molecule has 8 heteroatoms. The Morgan fingerprint density at radius 1 is 1.16 bits per heavy atom. The van der Waals surface area contributed by atoms with Crippen molar-refractivity contribution < 1.29 is 18.8 Å². The van der Waals surface area contributed by atoms with E-state index < -0.39 is 0 Å². The van der Waals surface area contributed by atoms with Crippen molar-refractivity contribution in [1.29, 1.82) is 0 Å². The molecule has 1 aliphatic rings. The summed E-state index contributed by atoms with van der Waals surface area (Å²) in [5.41, 5.74) is 1.59. The zero-order valence-corrected chi connectivity index (χ0v) is 18.4. The molecule has 0 spiro atoms. The second-order valence-corrected chi connectivity index (χ2v) is 7.71. The van der Waals surface area contributed by atoms with Gasteiger partial charge in [-0.1, -0.05) is 17.3 Å². The maximum absolute atomic E-state index is 12.7. The van der Waals surface area contributed by atoms with E-state index in [4.69, 9.17) is 14.0 Å². The molecule has 32 heavy (non-hydrogen) atoms. The third kappa shape index (κ3) is 5.26. The van der Waals surface area contributed by atoms with Gasteiger partial charge in [0, 0.05) is 11.5 Å². The normalized spacial score (nSPS) is 14.8. The number of rotatable bonds is 8. The molecule has 2 aromatic carbocycles. The van der Waals surface area contributed by atoms with E-state index in [2.05, 4.69) is 20.4 Å². The van der Waals surface area contributed by atoms with Gasteiger partial charge in [-0.25, -0.2) is 0 Å². The average molecular weight is 437 g/mol. The minimum atomic E-state index is -0.0294. The van der Waals surface area contributed by atoms with Crippen molar-refractivity contribution in [3.8, 4) is 22.9 Å². The molecule has 0 saturated carbocycles. The first-order valence-corrected chi connectivity index (χ1v) is 10.9. The second-order valence-electron chi connectivity index (χ2n) is 7.71. The fourth-order valence-corrected chi connectivity index (χ4v) is 3.83. The number of likely N-dealkylation sites (tertiary alicyclic amines) is 1. The van der Waals surface area contributed by atoms with E-state index in [1.807, 2.05) is 55.5 Å². The van der Waals surface area contributed by atoms with Gasteiger partial charge < -0.3 is 19.3 Å². The van der Waals surface area contributed by atoms with Gasteiger partial charge in [0.25, 0.3) is 0 Å². The van der Waals surface area contributed by atoms with Crippen LogP contribution in [0.3, 0.4) is 0 Å². The molecule has 1 fully saturated rings. The molecule has 168 valence electrons. The van der Waals surface area contributed by atoms with E-state index in [0.29, 0.717) is 36.3 Å². The summed E-state index contributed by atoms with van der Waals surface area (Å²) in [5.74, 6) is 2.62. The lowest BCUT2D eigenvalue weighted by molar-refractivity contribution is -0.121. The third-order valence-corrected chi connectivity index (χ3v) is 5.57. The predicted octanol–water partition coefficient (Wildman–Crippen LogP) is 3.99. The van der Waals surface area contributed by atoms with Gasteiger partial charge in [-0.05, 0) is 69.3 Å². The Morgan fingerprint density at radius 3 is 2.62 bits per heavy atom. The van der Waals surface area contributed by atoms with Crippen molar-refractivity contribution >= 4 is 11.6 Å². The molecule has 1 aromatic heterocycles. The van der Waals surface area contributed by atoms with Gasteiger partial charge in [-0.2, -0.15) is 4.98 Å². The number of nitrogens with one attached hydrogen (secondary N) is 1. The van der Waals surface area contributed by atoms with Crippen LogP contribution < -0.4 is 14.8 Å². The van der Waals surface area contributed by atoms with Gasteiger partial charge in [-0.15, -0.1) is 0 Å². The Hall–Kier alpha value is -3.39. The zero-order valence-electron chi connectivity index (χ0n) is 18.4. The quantitative estimate of drug-likeness (QED) is 0.571. The summed E-state index contributed by atoms with van der Waals surface area (Å²) in [6.45, 7) is 4.75. The molecule has 0 atom stereocenters. The highest BCUT2D eigenvalue weighted by Crippen LogP contribution is 2.26. The summed E-state index contributed by atoms with van der Waals surface area (Å²) < 4.78 is 16.2. The average Bonchev–Trinajstić information content (AvgIpc) is 3.29. The molecule has 1 N–H and O–H groups in total. The SMILES string of the molecule is CCOc1ccc(-c2noc(CN3CCC(C(=O)Nc4ccccc4OC)CC3)n2)cc1. The minimum absolute atomic E-state index is 0.0294. The van der Waals surface area contributed by atoms with Crippen LogP contribution >= 0.6 is 0 Å². The van der Waals surface area contributed by atoms with Crippen molar-refractivity contribution in [2.24, 2.45) is 5.92 Å². The molecule has 1 amide bonds. The highest BCUT2D eigenvalue weighted by molar-refractivity contribution is 5.94. The molecule has 8 nitrogen and oxygen atoms in total. The number of methoxy groups -OCH3 is 1. The molecule has 0 unspecified atom stereocenters. The summed E-state index contributed by atoms with van der Waals surface area (Å²) >= 11 is 0. The van der Waals surface area contributed by atoms with E-state index in [-0.39, 0.29) is 11.8 Å². The maximum atomic E-state index is 12.7. The number of hydrogen-bond donors (Lipinski definition) is 1. The molecule has 1 saturated heterocycles. The lowest BCUT2D eigenvalue weighted by atomic mass is 9.96. The van der Waals surface area contributed by atoms with Crippen LogP contribution in [-0.4, -0.2) is 47.8 Å². The predicted molar refractivity (Wildman–Crippen MR) is 121 cm³/mol. The number of anilines is 1. The van der Waals surface area contributed by atoms with Crippen molar-refractivity contribution in [3.05, 3.63) is 54.4 Å². The van der Waals surface area contributed by atoms with E-state index in [9.17, 15) is 4.79 Å². The Bertz CT molecular complexity index is 1030. The Balaban J connectivity index is 1.28. The highest BCUT2D eigenvalue weighted by atomic mass is 16.5. The Kier molecular flexibility index (Phi) is 7.01. The largest absolute Gasteiger partial charge is 0.495 e. The summed E-state index contributed by atoms with van der Waals surface area (Å²) in [5, 5.41) is 7.10. The molecule has 0 bridgehead atoms. The monoisotopic (exact) mass is 436 g/mol. The van der Waals surface area contributed by atoms with Gasteiger partial charge in [0.2, 0.25) is 17.6 Å². The topological polar surface area (TPSA) is 89.7 Å². The van der Waals surface area contributed by atoms with Crippen LogP contribution in [0, 0.1) is 5.92 Å². The van der Waals surface area contributed by atoms with Crippen molar-refractivity contribution in [2.75, 3.05) is 32.1 Å². The van der Waals surface area contributed by atoms with E-state index in [1.54, 1.807) is 7.11 Å². The summed E-state index contributed by atoms with van der Waals surface area (Å²) in [6.07, 6.45) is 1.56. The fraction of sp³-hybridized carbons (Fsp3) is 0.375. The first-order chi connectivity index (χ1) is 15.7. The van der Waals surface area contributed by atoms with Crippen LogP contribution in [0.1, 0.15) is 25.7 Å². The number of nitrogens with zero attached hydrogens (tertiary/aromatic N) is 3. The first kappa shape index (κ1) is 21.8. The van der Waals surface area contributed by atoms with E-state index in [0.717, 1.165) is 37.2 Å². The van der Waals surface area contributed by atoms with Crippen LogP contribution in [0.15, 0.2) is 53.1 Å². The van der Waals surface area contributed by atoms with Crippen molar-refractivity contribution in [3.63, 3.8) is 0 Å². The second kappa shape index (κ2) is 10.3. The standard InChI is InChI=1S/C24H28N4O4/c1-3-31-19-10-8-17(9-11-19)23-26-22(32-27-23)16-28-14-12-18(13-15-28)24(29)25-20-6-4-5-7-21(20)30-2/h4-11,18H,3,12-16H2,1-2H3,(H,25,29). The summed E-state index contributed by atoms with van der Waals surface area (Å²) in [4.78, 5) is 19.5. The van der Waals surface area contributed by atoms with Gasteiger partial charge in [-0.3, -0.25) is 9.69 Å². The summed E-state index contributed by atoms with van der Waals surface area (Å²) in [6, 6.07) is 15.1. The first-order valence-electron chi connectivity index (χ1n) is 10.9. The lowest BCUT2D eigenvalue weighted by Crippen LogP contribution is -2.37. The van der Waals surface area contributed by atoms with Crippen LogP contribution in [0.5, 0.6) is 11.5 Å². The number of benzene rings is 2. The van der Waals surface area contributed by atoms with Crippen molar-refractivity contribution in [2.45, 2.75) is 26.3 Å². The van der Waals surface area contributed by atoms with Crippen LogP contribution in [0.25, 0.3) is 11.4 Å². The molecule has 4 rings (SSSR count).